The van der Waals surface area contributed by atoms with Crippen LogP contribution in [-0.4, -0.2) is 40.3 Å². The molecule has 0 amide bonds. The summed E-state index contributed by atoms with van der Waals surface area (Å²) in [6.45, 7) is 10.4. The van der Waals surface area contributed by atoms with Crippen molar-refractivity contribution in [2.45, 2.75) is 52.1 Å². The predicted octanol–water partition coefficient (Wildman–Crippen LogP) is 3.48. The zero-order valence-electron chi connectivity index (χ0n) is 18.3. The molecule has 0 bridgehead atoms. The number of hydrogen-bond acceptors (Lipinski definition) is 7. The lowest BCUT2D eigenvalue weighted by Gasteiger charge is -2.31. The van der Waals surface area contributed by atoms with Crippen molar-refractivity contribution in [1.29, 1.82) is 0 Å². The Morgan fingerprint density at radius 3 is 2.65 bits per heavy atom. The van der Waals surface area contributed by atoms with Gasteiger partial charge in [0.25, 0.3) is 0 Å². The number of fused-ring (bicyclic) bond motifs is 1. The summed E-state index contributed by atoms with van der Waals surface area (Å²) in [7, 11) is 0. The van der Waals surface area contributed by atoms with Crippen LogP contribution >= 0.6 is 0 Å². The molecule has 0 radical (unpaired) electrons. The topological polar surface area (TPSA) is 84.6 Å². The number of ether oxygens (including phenoxy) is 1. The first-order valence-electron chi connectivity index (χ1n) is 11.1. The Morgan fingerprint density at radius 2 is 1.90 bits per heavy atom. The van der Waals surface area contributed by atoms with E-state index in [1.54, 1.807) is 0 Å². The molecule has 2 N–H and O–H groups in total. The van der Waals surface area contributed by atoms with Gasteiger partial charge in [-0.25, -0.2) is 0 Å². The van der Waals surface area contributed by atoms with Gasteiger partial charge in [-0.15, -0.1) is 0 Å². The van der Waals surface area contributed by atoms with Crippen LogP contribution in [0, 0.1) is 0 Å². The van der Waals surface area contributed by atoms with E-state index in [4.69, 9.17) is 10.5 Å². The zero-order chi connectivity index (χ0) is 21.8. The maximum absolute atomic E-state index is 12.6. The quantitative estimate of drug-likeness (QED) is 0.516. The highest BCUT2D eigenvalue weighted by atomic mass is 16.5. The molecule has 3 heterocycles. The van der Waals surface area contributed by atoms with E-state index in [1.165, 1.54) is 18.4 Å². The SMILES string of the molecule is C=C1C(=O)Cc2c(N)nc(OCCCC)nc2N1Cc1cccc(CN2CCCC2)c1. The Bertz CT molecular complexity index is 968. The third-order valence-corrected chi connectivity index (χ3v) is 5.90. The number of ketones is 1. The molecule has 7 heteroatoms. The first-order chi connectivity index (χ1) is 15.0. The Labute approximate surface area is 183 Å². The number of anilines is 2. The van der Waals surface area contributed by atoms with Gasteiger partial charge in [0.1, 0.15) is 11.6 Å². The molecule has 2 aliphatic heterocycles. The van der Waals surface area contributed by atoms with Crippen molar-refractivity contribution in [3.8, 4) is 6.01 Å². The van der Waals surface area contributed by atoms with Crippen molar-refractivity contribution in [1.82, 2.24) is 14.9 Å². The van der Waals surface area contributed by atoms with Crippen LogP contribution in [0.1, 0.15) is 49.3 Å². The van der Waals surface area contributed by atoms with Gasteiger partial charge in [-0.2, -0.15) is 9.97 Å². The lowest BCUT2D eigenvalue weighted by molar-refractivity contribution is -0.115. The van der Waals surface area contributed by atoms with Crippen molar-refractivity contribution < 1.29 is 9.53 Å². The van der Waals surface area contributed by atoms with Crippen molar-refractivity contribution in [3.05, 3.63) is 53.2 Å². The molecule has 2 aromatic rings. The van der Waals surface area contributed by atoms with Crippen LogP contribution in [0.15, 0.2) is 36.5 Å². The third kappa shape index (κ3) is 4.88. The first-order valence-corrected chi connectivity index (χ1v) is 11.1. The average Bonchev–Trinajstić information content (AvgIpc) is 3.26. The van der Waals surface area contributed by atoms with Crippen LogP contribution in [-0.2, 0) is 24.3 Å². The van der Waals surface area contributed by atoms with Crippen LogP contribution in [0.25, 0.3) is 0 Å². The molecule has 2 aliphatic rings. The molecule has 1 fully saturated rings. The summed E-state index contributed by atoms with van der Waals surface area (Å²) in [5.41, 5.74) is 9.63. The van der Waals surface area contributed by atoms with Crippen LogP contribution in [0.5, 0.6) is 6.01 Å². The summed E-state index contributed by atoms with van der Waals surface area (Å²) >= 11 is 0. The lowest BCUT2D eigenvalue weighted by atomic mass is 10.0. The molecule has 1 saturated heterocycles. The summed E-state index contributed by atoms with van der Waals surface area (Å²) < 4.78 is 5.70. The van der Waals surface area contributed by atoms with Crippen LogP contribution in [0.4, 0.5) is 11.6 Å². The molecule has 1 aromatic carbocycles. The zero-order valence-corrected chi connectivity index (χ0v) is 18.3. The van der Waals surface area contributed by atoms with E-state index in [1.807, 2.05) is 4.90 Å². The van der Waals surface area contributed by atoms with Gasteiger partial charge in [-0.05, 0) is 43.5 Å². The molecular formula is C24H31N5O2. The van der Waals surface area contributed by atoms with Gasteiger partial charge < -0.3 is 15.4 Å². The van der Waals surface area contributed by atoms with E-state index in [9.17, 15) is 4.79 Å². The number of carbonyl (C=O) groups excluding carboxylic acids is 1. The van der Waals surface area contributed by atoms with E-state index >= 15 is 0 Å². The number of benzene rings is 1. The highest BCUT2D eigenvalue weighted by Crippen LogP contribution is 2.34. The van der Waals surface area contributed by atoms with Crippen molar-refractivity contribution in [3.63, 3.8) is 0 Å². The molecule has 7 nitrogen and oxygen atoms in total. The molecule has 4 rings (SSSR count). The number of nitrogen functional groups attached to an aromatic ring is 1. The number of nitrogens with zero attached hydrogens (tertiary/aromatic N) is 4. The number of rotatable bonds is 8. The molecule has 164 valence electrons. The second kappa shape index (κ2) is 9.47. The van der Waals surface area contributed by atoms with Gasteiger partial charge in [-0.3, -0.25) is 9.69 Å². The fourth-order valence-electron chi connectivity index (χ4n) is 4.15. The summed E-state index contributed by atoms with van der Waals surface area (Å²) in [4.78, 5) is 25.8. The minimum Gasteiger partial charge on any atom is -0.463 e. The summed E-state index contributed by atoms with van der Waals surface area (Å²) in [5, 5.41) is 0. The fraction of sp³-hybridized carbons (Fsp3) is 0.458. The first kappa shape index (κ1) is 21.3. The van der Waals surface area contributed by atoms with Gasteiger partial charge in [0.15, 0.2) is 5.78 Å². The third-order valence-electron chi connectivity index (χ3n) is 5.90. The van der Waals surface area contributed by atoms with Gasteiger partial charge >= 0.3 is 6.01 Å². The standard InChI is InChI=1S/C24H31N5O2/c1-3-4-12-31-24-26-22(25)20-14-21(30)17(2)29(23(20)27-24)16-19-9-7-8-18(13-19)15-28-10-5-6-11-28/h7-9,13H,2-6,10-12,14-16H2,1H3,(H2,25,26,27). The van der Waals surface area contributed by atoms with E-state index in [0.717, 1.165) is 38.0 Å². The second-order valence-corrected chi connectivity index (χ2v) is 8.33. The fourth-order valence-corrected chi connectivity index (χ4v) is 4.15. The minimum absolute atomic E-state index is 0.0596. The largest absolute Gasteiger partial charge is 0.463 e. The molecule has 31 heavy (non-hydrogen) atoms. The monoisotopic (exact) mass is 421 g/mol. The normalized spacial score (nSPS) is 16.6. The number of carbonyl (C=O) groups is 1. The summed E-state index contributed by atoms with van der Waals surface area (Å²) in [6.07, 6.45) is 4.65. The Hall–Kier alpha value is -2.93. The van der Waals surface area contributed by atoms with E-state index in [2.05, 4.69) is 52.6 Å². The molecule has 0 spiro atoms. The number of hydrogen-bond donors (Lipinski definition) is 1. The number of allylic oxidation sites excluding steroid dienone is 1. The molecule has 0 saturated carbocycles. The van der Waals surface area contributed by atoms with Crippen molar-refractivity contribution in [2.24, 2.45) is 0 Å². The number of unbranched alkanes of at least 4 members (excludes halogenated alkanes) is 1. The van der Waals surface area contributed by atoms with Gasteiger partial charge in [0.2, 0.25) is 0 Å². The smallest absolute Gasteiger partial charge is 0.320 e. The maximum Gasteiger partial charge on any atom is 0.320 e. The number of aromatic nitrogens is 2. The predicted molar refractivity (Wildman–Crippen MR) is 122 cm³/mol. The van der Waals surface area contributed by atoms with Crippen molar-refractivity contribution in [2.75, 3.05) is 30.3 Å². The van der Waals surface area contributed by atoms with Crippen LogP contribution in [0.2, 0.25) is 0 Å². The van der Waals surface area contributed by atoms with Crippen LogP contribution < -0.4 is 15.4 Å². The van der Waals surface area contributed by atoms with Gasteiger partial charge in [0, 0.05) is 25.1 Å². The van der Waals surface area contributed by atoms with Crippen molar-refractivity contribution >= 4 is 17.4 Å². The molecule has 0 aliphatic carbocycles. The average molecular weight is 422 g/mol. The lowest BCUT2D eigenvalue weighted by Crippen LogP contribution is -2.34. The number of likely N-dealkylation sites (tertiary alicyclic amines) is 1. The van der Waals surface area contributed by atoms with Gasteiger partial charge in [-0.1, -0.05) is 44.2 Å². The number of nitrogens with two attached hydrogens (primary N) is 1. The summed E-state index contributed by atoms with van der Waals surface area (Å²) in [6, 6.07) is 8.76. The highest BCUT2D eigenvalue weighted by molar-refractivity contribution is 6.03. The molecule has 1 aromatic heterocycles. The summed E-state index contributed by atoms with van der Waals surface area (Å²) in [5.74, 6) is 0.856. The second-order valence-electron chi connectivity index (χ2n) is 8.33. The van der Waals surface area contributed by atoms with Crippen LogP contribution in [0.3, 0.4) is 0 Å². The Morgan fingerprint density at radius 1 is 1.16 bits per heavy atom. The minimum atomic E-state index is -0.0596. The number of Topliss-reactive ketones (excluding diaryl/α,β-unsaturated/α-hetero) is 1. The Balaban J connectivity index is 1.59. The maximum atomic E-state index is 12.6. The van der Waals surface area contributed by atoms with E-state index < -0.39 is 0 Å². The highest BCUT2D eigenvalue weighted by Gasteiger charge is 2.31. The Kier molecular flexibility index (Phi) is 6.51. The molecular weight excluding hydrogens is 390 g/mol. The molecule has 0 atom stereocenters. The van der Waals surface area contributed by atoms with E-state index in [-0.39, 0.29) is 18.2 Å². The van der Waals surface area contributed by atoms with Gasteiger partial charge in [0.05, 0.1) is 12.3 Å². The van der Waals surface area contributed by atoms with E-state index in [0.29, 0.717) is 36.0 Å². The molecule has 0 unspecified atom stereocenters.